The van der Waals surface area contributed by atoms with Crippen molar-refractivity contribution in [3.8, 4) is 0 Å². The van der Waals surface area contributed by atoms with Crippen LogP contribution in [0.5, 0.6) is 0 Å². The van der Waals surface area contributed by atoms with Crippen LogP contribution in [-0.2, 0) is 0 Å². The molecule has 0 atom stereocenters. The first-order valence-corrected chi connectivity index (χ1v) is 22.9. The molecule has 8 heterocycles. The minimum atomic E-state index is 0.734. The summed E-state index contributed by atoms with van der Waals surface area (Å²) in [6.07, 6.45) is 7.22. The van der Waals surface area contributed by atoms with Gasteiger partial charge in [0.15, 0.2) is 5.89 Å². The summed E-state index contributed by atoms with van der Waals surface area (Å²) in [5, 5.41) is 16.8. The van der Waals surface area contributed by atoms with Crippen LogP contribution in [-0.4, -0.2) is 75.2 Å². The van der Waals surface area contributed by atoms with E-state index in [9.17, 15) is 0 Å². The molecule has 0 aliphatic heterocycles. The number of aryl methyl sites for hydroxylation is 16. The number of thiazole rings is 1. The number of hydrogen-bond acceptors (Lipinski definition) is 11. The topological polar surface area (TPSA) is 224 Å². The maximum Gasteiger partial charge on any atom is 0.191 e. The van der Waals surface area contributed by atoms with Crippen molar-refractivity contribution < 1.29 is 4.42 Å². The first-order valence-electron chi connectivity index (χ1n) is 22.1. The van der Waals surface area contributed by atoms with E-state index in [-0.39, 0.29) is 0 Å². The van der Waals surface area contributed by atoms with Gasteiger partial charge in [-0.2, -0.15) is 10.2 Å². The number of H-pyrrole nitrogens is 6. The fourth-order valence-electron chi connectivity index (χ4n) is 6.33. The van der Waals surface area contributed by atoms with Gasteiger partial charge in [-0.25, -0.2) is 34.9 Å². The minimum absolute atomic E-state index is 0.734. The summed E-state index contributed by atoms with van der Waals surface area (Å²) >= 11 is 1.73. The Morgan fingerprint density at radius 1 is 0.471 bits per heavy atom. The number of aromatic amines is 6. The van der Waals surface area contributed by atoms with Crippen LogP contribution >= 0.6 is 11.3 Å². The van der Waals surface area contributed by atoms with Gasteiger partial charge in [-0.15, -0.1) is 11.3 Å². The number of imidazole rings is 4. The third-order valence-corrected chi connectivity index (χ3v) is 10.0. The Bertz CT molecular complexity index is 2790. The van der Waals surface area contributed by atoms with Gasteiger partial charge in [0.05, 0.1) is 39.0 Å². The number of nitrogens with one attached hydrogen (secondary N) is 6. The molecule has 0 aliphatic carbocycles. The predicted octanol–water partition coefficient (Wildman–Crippen LogP) is 12.1. The molecule has 68 heavy (non-hydrogen) atoms. The van der Waals surface area contributed by atoms with E-state index in [0.717, 1.165) is 96.4 Å². The van der Waals surface area contributed by atoms with Crippen LogP contribution in [0.25, 0.3) is 32.8 Å². The first kappa shape index (κ1) is 53.1. The van der Waals surface area contributed by atoms with Crippen LogP contribution in [0.15, 0.2) is 83.8 Å². The molecule has 0 fully saturated rings. The quantitative estimate of drug-likeness (QED) is 0.0843. The average Bonchev–Trinajstić information content (AvgIpc) is 4.17. The normalized spacial score (nSPS) is 10.1. The molecule has 11 aromatic rings. The number of hydrogen-bond donors (Lipinski definition) is 6. The van der Waals surface area contributed by atoms with Gasteiger partial charge in [0.2, 0.25) is 0 Å². The molecule has 0 amide bonds. The first-order chi connectivity index (χ1) is 32.2. The van der Waals surface area contributed by atoms with E-state index < -0.39 is 0 Å². The minimum Gasteiger partial charge on any atom is -0.446 e. The molecule has 0 spiro atoms. The highest BCUT2D eigenvalue weighted by atomic mass is 32.1. The number of benzene rings is 3. The number of fused-ring (bicyclic) bond motifs is 4. The monoisotopic (exact) mass is 938 g/mol. The lowest BCUT2D eigenvalue weighted by Gasteiger charge is -1.99. The summed E-state index contributed by atoms with van der Waals surface area (Å²) in [4.78, 5) is 42.4. The van der Waals surface area contributed by atoms with Crippen LogP contribution in [0.3, 0.4) is 0 Å². The summed E-state index contributed by atoms with van der Waals surface area (Å²) in [5.74, 6) is 7.20. The van der Waals surface area contributed by atoms with Gasteiger partial charge in [0.1, 0.15) is 40.7 Å². The molecule has 17 heteroatoms. The molecule has 8 aromatic heterocycles. The highest BCUT2D eigenvalue weighted by Gasteiger charge is 2.04. The second kappa shape index (κ2) is 26.0. The summed E-state index contributed by atoms with van der Waals surface area (Å²) in [7, 11) is 0. The molecular weight excluding hydrogens is 871 g/mol. The van der Waals surface area contributed by atoms with Crippen molar-refractivity contribution in [3.05, 3.63) is 170 Å². The van der Waals surface area contributed by atoms with Gasteiger partial charge in [0.25, 0.3) is 0 Å². The van der Waals surface area contributed by atoms with Gasteiger partial charge in [-0.1, -0.05) is 35.9 Å². The van der Waals surface area contributed by atoms with Crippen molar-refractivity contribution in [2.75, 3.05) is 0 Å². The number of rotatable bonds is 0. The Labute approximate surface area is 402 Å². The van der Waals surface area contributed by atoms with Crippen molar-refractivity contribution in [2.24, 2.45) is 0 Å². The molecule has 16 nitrogen and oxygen atoms in total. The van der Waals surface area contributed by atoms with Crippen molar-refractivity contribution in [3.63, 3.8) is 0 Å². The second-order valence-corrected chi connectivity index (χ2v) is 17.7. The van der Waals surface area contributed by atoms with E-state index in [4.69, 9.17) is 4.42 Å². The summed E-state index contributed by atoms with van der Waals surface area (Å²) < 4.78 is 4.97. The van der Waals surface area contributed by atoms with Gasteiger partial charge in [0, 0.05) is 52.9 Å². The zero-order valence-electron chi connectivity index (χ0n) is 42.3. The zero-order chi connectivity index (χ0) is 49.9. The van der Waals surface area contributed by atoms with Crippen molar-refractivity contribution in [2.45, 2.75) is 111 Å². The fraction of sp³-hybridized carbons (Fsp3) is 0.314. The van der Waals surface area contributed by atoms with E-state index >= 15 is 0 Å². The Balaban J connectivity index is 0.000000173. The van der Waals surface area contributed by atoms with Crippen LogP contribution < -0.4 is 0 Å². The lowest BCUT2D eigenvalue weighted by atomic mass is 10.1. The van der Waals surface area contributed by atoms with E-state index in [1.165, 1.54) is 26.8 Å². The third-order valence-electron chi connectivity index (χ3n) is 9.17. The Morgan fingerprint density at radius 3 is 1.50 bits per heavy atom. The van der Waals surface area contributed by atoms with Gasteiger partial charge in [-0.3, -0.25) is 10.2 Å². The van der Waals surface area contributed by atoms with Crippen molar-refractivity contribution in [1.29, 1.82) is 0 Å². The molecule has 0 bridgehead atoms. The molecule has 0 radical (unpaired) electrons. The number of aromatic nitrogens is 15. The fourth-order valence-corrected chi connectivity index (χ4v) is 7.00. The maximum atomic E-state index is 4.97. The van der Waals surface area contributed by atoms with E-state index in [0.29, 0.717) is 0 Å². The summed E-state index contributed by atoms with van der Waals surface area (Å²) in [6, 6.07) is 18.9. The molecule has 3 aromatic carbocycles. The number of nitrogens with zero attached hydrogens (tertiary/aromatic N) is 9. The Hall–Kier alpha value is -7.53. The van der Waals surface area contributed by atoms with E-state index in [1.54, 1.807) is 17.5 Å². The van der Waals surface area contributed by atoms with Crippen molar-refractivity contribution in [1.82, 2.24) is 75.2 Å². The summed E-state index contributed by atoms with van der Waals surface area (Å²) in [5.41, 5.74) is 11.3. The highest BCUT2D eigenvalue weighted by Crippen LogP contribution is 2.24. The van der Waals surface area contributed by atoms with Gasteiger partial charge < -0.3 is 24.4 Å². The lowest BCUT2D eigenvalue weighted by molar-refractivity contribution is 0.494. The Kier molecular flexibility index (Phi) is 20.3. The molecule has 0 saturated carbocycles. The van der Waals surface area contributed by atoms with Crippen LogP contribution in [0.1, 0.15) is 90.4 Å². The zero-order valence-corrected chi connectivity index (χ0v) is 43.2. The standard InChI is InChI=1S/C13H12N2.C9H10N2.3C5H8N2.C5H7NO.C5H7NS.C4H7N3/c1-8-3-5-11-10(7-8)4-6-12-13(11)15-9(2)14-12;1-6-3-4-8-9(5-6)11-7(2)10-8;2*1-4-3-6-5(2)7-4;1-4-3-5(2)7-6-4;2*1-4-3-6-5(2)7-4;1-3-5-4(2)7-6-3/h3-7H,1-2H3,(H,14,15);3-5H,1-2H3,(H,10,11);3*3H,1-2H3,(H,6,7);2*3H,1-2H3;1-2H3,(H,5,6,7). The molecule has 6 N–H and O–H groups in total. The molecular formula is C51H67N15OS. The van der Waals surface area contributed by atoms with Crippen LogP contribution in [0.2, 0.25) is 0 Å². The van der Waals surface area contributed by atoms with Gasteiger partial charge >= 0.3 is 0 Å². The van der Waals surface area contributed by atoms with Crippen LogP contribution in [0, 0.1) is 111 Å². The summed E-state index contributed by atoms with van der Waals surface area (Å²) in [6.45, 7) is 31.4. The smallest absolute Gasteiger partial charge is 0.191 e. The maximum absolute atomic E-state index is 4.97. The molecule has 0 unspecified atom stereocenters. The molecule has 0 saturated heterocycles. The largest absolute Gasteiger partial charge is 0.446 e. The third kappa shape index (κ3) is 18.8. The lowest BCUT2D eigenvalue weighted by Crippen LogP contribution is -1.77. The predicted molar refractivity (Wildman–Crippen MR) is 276 cm³/mol. The SMILES string of the molecule is Cc1cc(C)[nH]n1.Cc1ccc2c(ccc3[nH]c(C)nc32)c1.Cc1ccc2nc(C)[nH]c2c1.Cc1cnc(C)[nH]1.Cc1cnc(C)[nH]1.Cc1cnc(C)o1.Cc1cnc(C)s1.Cc1n[nH]c(C)n1. The Morgan fingerprint density at radius 2 is 1.10 bits per heavy atom. The molecule has 358 valence electrons. The van der Waals surface area contributed by atoms with Crippen LogP contribution in [0.4, 0.5) is 0 Å². The van der Waals surface area contributed by atoms with Gasteiger partial charge in [-0.05, 0) is 139 Å². The molecule has 0 aliphatic rings. The highest BCUT2D eigenvalue weighted by molar-refractivity contribution is 7.11. The molecule has 11 rings (SSSR count). The second-order valence-electron chi connectivity index (χ2n) is 16.3. The van der Waals surface area contributed by atoms with E-state index in [2.05, 4.69) is 138 Å². The number of oxazole rings is 1. The van der Waals surface area contributed by atoms with E-state index in [1.807, 2.05) is 121 Å². The average molecular weight is 938 g/mol. The van der Waals surface area contributed by atoms with Crippen molar-refractivity contribution >= 4 is 44.2 Å².